The van der Waals surface area contributed by atoms with Gasteiger partial charge in [0.1, 0.15) is 11.4 Å². The van der Waals surface area contributed by atoms with Gasteiger partial charge in [-0.05, 0) is 48.6 Å². The van der Waals surface area contributed by atoms with E-state index in [0.717, 1.165) is 18.8 Å². The van der Waals surface area contributed by atoms with Crippen molar-refractivity contribution in [1.82, 2.24) is 10.2 Å². The first-order valence-electron chi connectivity index (χ1n) is 9.24. The molecule has 2 fully saturated rings. The van der Waals surface area contributed by atoms with Crippen LogP contribution in [0, 0.1) is 5.82 Å². The number of amides is 2. The molecule has 0 saturated carbocycles. The molecule has 0 aliphatic carbocycles. The first kappa shape index (κ1) is 19.1. The number of rotatable bonds is 3. The predicted octanol–water partition coefficient (Wildman–Crippen LogP) is 2.28. The highest BCUT2D eigenvalue weighted by molar-refractivity contribution is 7.80. The summed E-state index contributed by atoms with van der Waals surface area (Å²) in [6.07, 6.45) is 1.60. The van der Waals surface area contributed by atoms with Gasteiger partial charge in [0, 0.05) is 38.1 Å². The van der Waals surface area contributed by atoms with Gasteiger partial charge in [0.05, 0.1) is 5.69 Å². The Morgan fingerprint density at radius 2 is 1.55 bits per heavy atom. The lowest BCUT2D eigenvalue weighted by atomic mass is 10.1. The van der Waals surface area contributed by atoms with Crippen molar-refractivity contribution in [2.75, 3.05) is 36.0 Å². The standard InChI is InChI=1S/C21H19FN4O2S/c22-15-6-8-17(9-7-15)26-20(28)18(19(27)23-21(26)29)14-24-10-12-25(13-11-24)16-4-2-1-3-5-16/h1-9,14H,10-13H2,(H,23,27,29). The molecule has 0 atom stereocenters. The van der Waals surface area contributed by atoms with Gasteiger partial charge >= 0.3 is 0 Å². The Bertz CT molecular complexity index is 970. The number of nitrogens with zero attached hydrogens (tertiary/aromatic N) is 3. The average Bonchev–Trinajstić information content (AvgIpc) is 2.73. The minimum Gasteiger partial charge on any atom is -0.373 e. The zero-order valence-electron chi connectivity index (χ0n) is 15.5. The summed E-state index contributed by atoms with van der Waals surface area (Å²) in [6, 6.07) is 15.5. The number of hydrogen-bond acceptors (Lipinski definition) is 5. The molecule has 1 N–H and O–H groups in total. The molecular weight excluding hydrogens is 391 g/mol. The molecule has 6 nitrogen and oxygen atoms in total. The van der Waals surface area contributed by atoms with E-state index in [4.69, 9.17) is 12.2 Å². The summed E-state index contributed by atoms with van der Waals surface area (Å²) in [4.78, 5) is 30.8. The van der Waals surface area contributed by atoms with Gasteiger partial charge in [-0.15, -0.1) is 0 Å². The van der Waals surface area contributed by atoms with Crippen molar-refractivity contribution in [3.63, 3.8) is 0 Å². The van der Waals surface area contributed by atoms with Crippen LogP contribution in [-0.2, 0) is 9.59 Å². The van der Waals surface area contributed by atoms with E-state index >= 15 is 0 Å². The fourth-order valence-corrected chi connectivity index (χ4v) is 3.68. The average molecular weight is 410 g/mol. The molecule has 2 aliphatic rings. The zero-order valence-corrected chi connectivity index (χ0v) is 16.4. The van der Waals surface area contributed by atoms with Crippen LogP contribution in [0.15, 0.2) is 66.4 Å². The van der Waals surface area contributed by atoms with E-state index in [1.807, 2.05) is 23.1 Å². The fraction of sp³-hybridized carbons (Fsp3) is 0.190. The van der Waals surface area contributed by atoms with Gasteiger partial charge < -0.3 is 9.80 Å². The van der Waals surface area contributed by atoms with Crippen LogP contribution in [0.4, 0.5) is 15.8 Å². The molecule has 2 saturated heterocycles. The molecule has 0 radical (unpaired) electrons. The van der Waals surface area contributed by atoms with Crippen molar-refractivity contribution >= 4 is 40.5 Å². The lowest BCUT2D eigenvalue weighted by molar-refractivity contribution is -0.122. The highest BCUT2D eigenvalue weighted by Gasteiger charge is 2.35. The number of anilines is 2. The van der Waals surface area contributed by atoms with Crippen molar-refractivity contribution < 1.29 is 14.0 Å². The van der Waals surface area contributed by atoms with Crippen LogP contribution in [0.5, 0.6) is 0 Å². The van der Waals surface area contributed by atoms with Gasteiger partial charge in [-0.25, -0.2) is 4.39 Å². The molecule has 4 rings (SSSR count). The van der Waals surface area contributed by atoms with Crippen molar-refractivity contribution in [1.29, 1.82) is 0 Å². The van der Waals surface area contributed by atoms with E-state index in [-0.39, 0.29) is 10.7 Å². The second-order valence-electron chi connectivity index (χ2n) is 6.78. The number of carbonyl (C=O) groups is 2. The van der Waals surface area contributed by atoms with E-state index in [2.05, 4.69) is 22.3 Å². The summed E-state index contributed by atoms with van der Waals surface area (Å²) in [6.45, 7) is 2.92. The van der Waals surface area contributed by atoms with Gasteiger partial charge in [-0.2, -0.15) is 0 Å². The Morgan fingerprint density at radius 1 is 0.897 bits per heavy atom. The molecule has 0 aromatic heterocycles. The molecule has 148 valence electrons. The van der Waals surface area contributed by atoms with Crippen molar-refractivity contribution in [2.45, 2.75) is 0 Å². The van der Waals surface area contributed by atoms with Crippen LogP contribution in [0.25, 0.3) is 0 Å². The maximum absolute atomic E-state index is 13.2. The topological polar surface area (TPSA) is 55.9 Å². The van der Waals surface area contributed by atoms with Crippen molar-refractivity contribution in [3.8, 4) is 0 Å². The number of nitrogens with one attached hydrogen (secondary N) is 1. The molecule has 29 heavy (non-hydrogen) atoms. The van der Waals surface area contributed by atoms with Crippen molar-refractivity contribution in [3.05, 3.63) is 72.2 Å². The number of halogens is 1. The number of hydrogen-bond donors (Lipinski definition) is 1. The van der Waals surface area contributed by atoms with Gasteiger partial charge in [0.2, 0.25) is 0 Å². The summed E-state index contributed by atoms with van der Waals surface area (Å²) >= 11 is 5.15. The molecule has 2 heterocycles. The molecule has 2 aromatic carbocycles. The van der Waals surface area contributed by atoms with Gasteiger partial charge in [-0.1, -0.05) is 18.2 Å². The SMILES string of the molecule is O=C1NC(=S)N(c2ccc(F)cc2)C(=O)C1=CN1CCN(c2ccccc2)CC1. The first-order valence-corrected chi connectivity index (χ1v) is 9.65. The van der Waals surface area contributed by atoms with Crippen LogP contribution >= 0.6 is 12.2 Å². The Labute approximate surface area is 173 Å². The second-order valence-corrected chi connectivity index (χ2v) is 7.16. The highest BCUT2D eigenvalue weighted by atomic mass is 32.1. The fourth-order valence-electron chi connectivity index (χ4n) is 3.40. The van der Waals surface area contributed by atoms with Crippen LogP contribution in [0.3, 0.4) is 0 Å². The lowest BCUT2D eigenvalue weighted by Gasteiger charge is -2.36. The van der Waals surface area contributed by atoms with E-state index in [1.165, 1.54) is 29.2 Å². The lowest BCUT2D eigenvalue weighted by Crippen LogP contribution is -2.55. The number of carbonyl (C=O) groups excluding carboxylic acids is 2. The number of benzene rings is 2. The molecule has 2 aromatic rings. The summed E-state index contributed by atoms with van der Waals surface area (Å²) in [5, 5.41) is 2.53. The van der Waals surface area contributed by atoms with Gasteiger partial charge in [0.25, 0.3) is 11.8 Å². The quantitative estimate of drug-likeness (QED) is 0.478. The van der Waals surface area contributed by atoms with Crippen LogP contribution in [-0.4, -0.2) is 48.0 Å². The minimum atomic E-state index is -0.524. The monoisotopic (exact) mass is 410 g/mol. The van der Waals surface area contributed by atoms with Crippen LogP contribution in [0.2, 0.25) is 0 Å². The normalized spacial score (nSPS) is 19.0. The summed E-state index contributed by atoms with van der Waals surface area (Å²) in [5.41, 5.74) is 1.57. The van der Waals surface area contributed by atoms with E-state index in [9.17, 15) is 14.0 Å². The Kier molecular flexibility index (Phi) is 5.26. The second kappa shape index (κ2) is 8.00. The van der Waals surface area contributed by atoms with Gasteiger partial charge in [0.15, 0.2) is 5.11 Å². The minimum absolute atomic E-state index is 0.0103. The molecule has 0 bridgehead atoms. The third-order valence-electron chi connectivity index (χ3n) is 4.93. The third-order valence-corrected chi connectivity index (χ3v) is 5.22. The summed E-state index contributed by atoms with van der Waals surface area (Å²) in [7, 11) is 0. The van der Waals surface area contributed by atoms with Crippen LogP contribution < -0.4 is 15.1 Å². The first-order chi connectivity index (χ1) is 14.0. The summed E-state index contributed by atoms with van der Waals surface area (Å²) in [5.74, 6) is -1.46. The summed E-state index contributed by atoms with van der Waals surface area (Å²) < 4.78 is 13.2. The smallest absolute Gasteiger partial charge is 0.271 e. The molecule has 2 amide bonds. The maximum atomic E-state index is 13.2. The van der Waals surface area contributed by atoms with E-state index < -0.39 is 17.6 Å². The number of thiocarbonyl (C=S) groups is 1. The molecular formula is C21H19FN4O2S. The van der Waals surface area contributed by atoms with E-state index in [0.29, 0.717) is 18.8 Å². The molecule has 0 spiro atoms. The zero-order chi connectivity index (χ0) is 20.4. The number of piperazine rings is 1. The molecule has 2 aliphatic heterocycles. The van der Waals surface area contributed by atoms with Crippen molar-refractivity contribution in [2.24, 2.45) is 0 Å². The van der Waals surface area contributed by atoms with E-state index in [1.54, 1.807) is 6.20 Å². The largest absolute Gasteiger partial charge is 0.373 e. The Morgan fingerprint density at radius 3 is 2.21 bits per heavy atom. The Hall–Kier alpha value is -3.26. The Balaban J connectivity index is 1.50. The van der Waals surface area contributed by atoms with Gasteiger partial charge in [-0.3, -0.25) is 19.8 Å². The van der Waals surface area contributed by atoms with Crippen LogP contribution in [0.1, 0.15) is 0 Å². The number of para-hydroxylation sites is 1. The highest BCUT2D eigenvalue weighted by Crippen LogP contribution is 2.22. The maximum Gasteiger partial charge on any atom is 0.271 e. The predicted molar refractivity (Wildman–Crippen MR) is 113 cm³/mol. The third kappa shape index (κ3) is 3.97. The molecule has 0 unspecified atom stereocenters. The molecule has 8 heteroatoms.